The van der Waals surface area contributed by atoms with Crippen molar-refractivity contribution in [1.29, 1.82) is 0 Å². The smallest absolute Gasteiger partial charge is 0.248 e. The van der Waals surface area contributed by atoms with Gasteiger partial charge in [-0.25, -0.2) is 0 Å². The number of hydrogen-bond acceptors (Lipinski definition) is 3. The van der Waals surface area contributed by atoms with Crippen LogP contribution in [0.25, 0.3) is 0 Å². The third-order valence-corrected chi connectivity index (χ3v) is 2.67. The molecule has 1 rings (SSSR count). The van der Waals surface area contributed by atoms with Crippen molar-refractivity contribution in [2.24, 2.45) is 11.7 Å². The molecule has 0 aliphatic heterocycles. The fourth-order valence-electron chi connectivity index (χ4n) is 1.52. The highest BCUT2D eigenvalue weighted by Crippen LogP contribution is 2.26. The van der Waals surface area contributed by atoms with Crippen LogP contribution in [0.15, 0.2) is 0 Å². The fraction of sp³-hybridized carbons (Fsp3) is 0.900. The summed E-state index contributed by atoms with van der Waals surface area (Å²) in [6, 6.07) is 0. The van der Waals surface area contributed by atoms with Crippen molar-refractivity contribution in [2.45, 2.75) is 19.3 Å². The Morgan fingerprint density at radius 2 is 2.29 bits per heavy atom. The van der Waals surface area contributed by atoms with E-state index >= 15 is 0 Å². The van der Waals surface area contributed by atoms with E-state index in [1.807, 2.05) is 7.05 Å². The second kappa shape index (κ2) is 5.98. The summed E-state index contributed by atoms with van der Waals surface area (Å²) in [6.45, 7) is 1.98. The zero-order chi connectivity index (χ0) is 10.4. The number of carbonyl (C=O) groups excluding carboxylic acids is 1. The molecule has 4 heteroatoms. The largest absolute Gasteiger partial charge is 0.370 e. The Labute approximate surface area is 85.4 Å². The molecule has 0 saturated heterocycles. The van der Waals surface area contributed by atoms with Crippen LogP contribution in [0.3, 0.4) is 0 Å². The predicted molar refractivity (Wildman–Crippen MR) is 54.9 cm³/mol. The number of amides is 1. The zero-order valence-corrected chi connectivity index (χ0v) is 8.87. The number of carbonyl (C=O) groups is 1. The molecule has 0 spiro atoms. The van der Waals surface area contributed by atoms with Crippen LogP contribution in [0.2, 0.25) is 0 Å². The highest BCUT2D eigenvalue weighted by Gasteiger charge is 2.21. The molecule has 1 amide bonds. The van der Waals surface area contributed by atoms with Crippen molar-refractivity contribution >= 4 is 5.91 Å². The second-order valence-electron chi connectivity index (χ2n) is 3.91. The molecule has 2 N–H and O–H groups in total. The van der Waals surface area contributed by atoms with Gasteiger partial charge in [-0.3, -0.25) is 4.79 Å². The summed E-state index contributed by atoms with van der Waals surface area (Å²) >= 11 is 0. The number of nitrogens with two attached hydrogens (primary N) is 1. The maximum Gasteiger partial charge on any atom is 0.248 e. The molecule has 0 atom stereocenters. The monoisotopic (exact) mass is 200 g/mol. The maximum atomic E-state index is 11.5. The first kappa shape index (κ1) is 11.5. The van der Waals surface area contributed by atoms with E-state index in [0.29, 0.717) is 13.2 Å². The Balaban J connectivity index is 2.08. The molecular weight excluding hydrogens is 180 g/mol. The molecule has 14 heavy (non-hydrogen) atoms. The fourth-order valence-corrected chi connectivity index (χ4v) is 1.52. The number of nitrogens with zero attached hydrogens (tertiary/aromatic N) is 1. The molecule has 0 unspecified atom stereocenters. The van der Waals surface area contributed by atoms with Crippen molar-refractivity contribution in [2.75, 3.05) is 33.4 Å². The molecule has 0 aromatic heterocycles. The molecule has 1 aliphatic rings. The lowest BCUT2D eigenvalue weighted by atomic mass is 9.85. The topological polar surface area (TPSA) is 55.6 Å². The van der Waals surface area contributed by atoms with E-state index in [1.54, 1.807) is 4.90 Å². The van der Waals surface area contributed by atoms with Gasteiger partial charge in [0, 0.05) is 20.1 Å². The lowest BCUT2D eigenvalue weighted by Gasteiger charge is -2.30. The Hall–Kier alpha value is -0.610. The first-order valence-corrected chi connectivity index (χ1v) is 5.26. The van der Waals surface area contributed by atoms with E-state index in [0.717, 1.165) is 12.5 Å². The van der Waals surface area contributed by atoms with Gasteiger partial charge in [0.05, 0.1) is 6.61 Å². The Morgan fingerprint density at radius 3 is 2.79 bits per heavy atom. The molecule has 0 radical (unpaired) electrons. The second-order valence-corrected chi connectivity index (χ2v) is 3.91. The molecule has 4 nitrogen and oxygen atoms in total. The molecule has 0 aromatic rings. The van der Waals surface area contributed by atoms with Crippen molar-refractivity contribution in [3.05, 3.63) is 0 Å². The highest BCUT2D eigenvalue weighted by atomic mass is 16.5. The van der Waals surface area contributed by atoms with Gasteiger partial charge in [-0.05, 0) is 18.8 Å². The van der Waals surface area contributed by atoms with Crippen molar-refractivity contribution in [3.8, 4) is 0 Å². The summed E-state index contributed by atoms with van der Waals surface area (Å²) in [5, 5.41) is 0. The van der Waals surface area contributed by atoms with Gasteiger partial charge in [0.15, 0.2) is 0 Å². The highest BCUT2D eigenvalue weighted by molar-refractivity contribution is 5.77. The summed E-state index contributed by atoms with van der Waals surface area (Å²) < 4.78 is 5.08. The zero-order valence-electron chi connectivity index (χ0n) is 8.87. The van der Waals surface area contributed by atoms with Crippen LogP contribution in [0, 0.1) is 5.92 Å². The Bertz CT molecular complexity index is 181. The molecular formula is C10H20N2O2. The minimum Gasteiger partial charge on any atom is -0.370 e. The predicted octanol–water partition coefficient (Wildman–Crippen LogP) is 0.220. The van der Waals surface area contributed by atoms with E-state index in [2.05, 4.69) is 0 Å². The van der Waals surface area contributed by atoms with Crippen LogP contribution in [-0.2, 0) is 9.53 Å². The minimum atomic E-state index is 0.0605. The van der Waals surface area contributed by atoms with Gasteiger partial charge in [0.2, 0.25) is 5.91 Å². The number of rotatable bonds is 6. The van der Waals surface area contributed by atoms with Crippen LogP contribution < -0.4 is 5.73 Å². The van der Waals surface area contributed by atoms with Crippen molar-refractivity contribution < 1.29 is 9.53 Å². The summed E-state index contributed by atoms with van der Waals surface area (Å²) in [5.74, 6) is 0.781. The van der Waals surface area contributed by atoms with E-state index in [4.69, 9.17) is 10.5 Å². The minimum absolute atomic E-state index is 0.0605. The lowest BCUT2D eigenvalue weighted by molar-refractivity contribution is -0.135. The molecule has 1 fully saturated rings. The quantitative estimate of drug-likeness (QED) is 0.624. The molecule has 0 aromatic carbocycles. The van der Waals surface area contributed by atoms with Gasteiger partial charge in [-0.2, -0.15) is 0 Å². The van der Waals surface area contributed by atoms with Gasteiger partial charge in [-0.15, -0.1) is 0 Å². The Kier molecular flexibility index (Phi) is 4.90. The average Bonchev–Trinajstić information content (AvgIpc) is 2.11. The number of likely N-dealkylation sites (N-methyl/N-ethyl adjacent to an activating group) is 1. The van der Waals surface area contributed by atoms with E-state index in [-0.39, 0.29) is 12.5 Å². The van der Waals surface area contributed by atoms with Crippen LogP contribution >= 0.6 is 0 Å². The third-order valence-electron chi connectivity index (χ3n) is 2.67. The van der Waals surface area contributed by atoms with Crippen LogP contribution in [0.5, 0.6) is 0 Å². The Morgan fingerprint density at radius 1 is 1.57 bits per heavy atom. The van der Waals surface area contributed by atoms with Crippen LogP contribution in [-0.4, -0.2) is 44.2 Å². The van der Waals surface area contributed by atoms with Gasteiger partial charge in [-0.1, -0.05) is 6.42 Å². The van der Waals surface area contributed by atoms with Gasteiger partial charge in [0.25, 0.3) is 0 Å². The van der Waals surface area contributed by atoms with Crippen molar-refractivity contribution in [1.82, 2.24) is 4.90 Å². The number of ether oxygens (including phenoxy) is 1. The van der Waals surface area contributed by atoms with E-state index < -0.39 is 0 Å². The molecule has 0 heterocycles. The summed E-state index contributed by atoms with van der Waals surface area (Å²) in [6.07, 6.45) is 3.85. The molecule has 1 aliphatic carbocycles. The van der Waals surface area contributed by atoms with Crippen LogP contribution in [0.4, 0.5) is 0 Å². The average molecular weight is 200 g/mol. The van der Waals surface area contributed by atoms with Gasteiger partial charge < -0.3 is 15.4 Å². The normalized spacial score (nSPS) is 16.4. The first-order chi connectivity index (χ1) is 6.74. The molecule has 1 saturated carbocycles. The SMILES string of the molecule is CN(CC1CCC1)C(=O)COCCN. The maximum absolute atomic E-state index is 11.5. The van der Waals surface area contributed by atoms with Gasteiger partial charge >= 0.3 is 0 Å². The standard InChI is InChI=1S/C10H20N2O2/c1-12(7-9-3-2-4-9)10(13)8-14-6-5-11/h9H,2-8,11H2,1H3. The first-order valence-electron chi connectivity index (χ1n) is 5.26. The lowest BCUT2D eigenvalue weighted by Crippen LogP contribution is -2.36. The molecule has 82 valence electrons. The van der Waals surface area contributed by atoms with E-state index in [1.165, 1.54) is 19.3 Å². The molecule has 0 bridgehead atoms. The number of hydrogen-bond donors (Lipinski definition) is 1. The van der Waals surface area contributed by atoms with E-state index in [9.17, 15) is 4.79 Å². The summed E-state index contributed by atoms with van der Waals surface area (Å²) in [7, 11) is 1.84. The summed E-state index contributed by atoms with van der Waals surface area (Å²) in [4.78, 5) is 13.2. The van der Waals surface area contributed by atoms with Crippen LogP contribution in [0.1, 0.15) is 19.3 Å². The van der Waals surface area contributed by atoms with Crippen molar-refractivity contribution in [3.63, 3.8) is 0 Å². The van der Waals surface area contributed by atoms with Gasteiger partial charge in [0.1, 0.15) is 6.61 Å². The summed E-state index contributed by atoms with van der Waals surface area (Å²) in [5.41, 5.74) is 5.25. The third kappa shape index (κ3) is 3.64.